The van der Waals surface area contributed by atoms with Crippen molar-refractivity contribution in [3.8, 4) is 22.7 Å². The Morgan fingerprint density at radius 3 is 2.65 bits per heavy atom. The number of nitrogens with zero attached hydrogens (tertiary/aromatic N) is 4. The summed E-state index contributed by atoms with van der Waals surface area (Å²) in [5, 5.41) is 18.6. The summed E-state index contributed by atoms with van der Waals surface area (Å²) >= 11 is 0. The minimum atomic E-state index is -0.462. The highest BCUT2D eigenvalue weighted by Crippen LogP contribution is 2.26. The summed E-state index contributed by atoms with van der Waals surface area (Å²) in [7, 11) is 1.59. The summed E-state index contributed by atoms with van der Waals surface area (Å²) in [5.74, 6) is 0.415. The number of non-ortho nitro benzene ring substituents is 1. The molecular formula is C24H27N5O5. The van der Waals surface area contributed by atoms with Crippen molar-refractivity contribution in [2.75, 3.05) is 46.5 Å². The highest BCUT2D eigenvalue weighted by atomic mass is 16.6. The second kappa shape index (κ2) is 10.9. The van der Waals surface area contributed by atoms with Crippen molar-refractivity contribution in [3.63, 3.8) is 0 Å². The number of carbonyl (C=O) groups is 1. The molecule has 0 aliphatic carbocycles. The van der Waals surface area contributed by atoms with Gasteiger partial charge in [0.2, 0.25) is 0 Å². The van der Waals surface area contributed by atoms with E-state index in [1.807, 2.05) is 24.3 Å². The van der Waals surface area contributed by atoms with Gasteiger partial charge < -0.3 is 14.8 Å². The monoisotopic (exact) mass is 465 g/mol. The molecule has 34 heavy (non-hydrogen) atoms. The van der Waals surface area contributed by atoms with Crippen LogP contribution in [0.4, 0.5) is 5.69 Å². The number of hydrogen-bond donors (Lipinski definition) is 1. The van der Waals surface area contributed by atoms with Crippen molar-refractivity contribution in [1.82, 2.24) is 20.0 Å². The van der Waals surface area contributed by atoms with Crippen molar-refractivity contribution in [1.29, 1.82) is 0 Å². The van der Waals surface area contributed by atoms with Crippen molar-refractivity contribution in [3.05, 3.63) is 70.4 Å². The minimum Gasteiger partial charge on any atom is -0.497 e. The van der Waals surface area contributed by atoms with Crippen LogP contribution in [-0.2, 0) is 4.74 Å². The van der Waals surface area contributed by atoms with Gasteiger partial charge in [0.05, 0.1) is 36.6 Å². The molecule has 4 rings (SSSR count). The van der Waals surface area contributed by atoms with Gasteiger partial charge in [0, 0.05) is 37.3 Å². The highest BCUT2D eigenvalue weighted by Gasteiger charge is 2.19. The van der Waals surface area contributed by atoms with Crippen LogP contribution in [0.1, 0.15) is 16.9 Å². The van der Waals surface area contributed by atoms with Crippen LogP contribution in [0.15, 0.2) is 54.6 Å². The number of ether oxygens (including phenoxy) is 2. The molecule has 0 bridgehead atoms. The Morgan fingerprint density at radius 1 is 1.18 bits per heavy atom. The smallest absolute Gasteiger partial charge is 0.270 e. The van der Waals surface area contributed by atoms with Crippen LogP contribution < -0.4 is 10.1 Å². The van der Waals surface area contributed by atoms with Crippen LogP contribution >= 0.6 is 0 Å². The van der Waals surface area contributed by atoms with Gasteiger partial charge in [0.25, 0.3) is 11.6 Å². The van der Waals surface area contributed by atoms with E-state index in [1.54, 1.807) is 25.3 Å². The molecule has 0 saturated carbocycles. The van der Waals surface area contributed by atoms with E-state index in [4.69, 9.17) is 9.47 Å². The largest absolute Gasteiger partial charge is 0.497 e. The molecule has 0 spiro atoms. The van der Waals surface area contributed by atoms with Gasteiger partial charge in [-0.05, 0) is 43.3 Å². The van der Waals surface area contributed by atoms with E-state index in [9.17, 15) is 14.9 Å². The number of benzene rings is 2. The van der Waals surface area contributed by atoms with E-state index in [0.717, 1.165) is 44.8 Å². The first-order valence-electron chi connectivity index (χ1n) is 11.1. The molecule has 1 aliphatic rings. The fourth-order valence-corrected chi connectivity index (χ4v) is 3.80. The quantitative estimate of drug-likeness (QED) is 0.294. The van der Waals surface area contributed by atoms with Crippen molar-refractivity contribution in [2.45, 2.75) is 6.42 Å². The maximum atomic E-state index is 13.1. The zero-order valence-electron chi connectivity index (χ0n) is 19.0. The molecule has 0 radical (unpaired) electrons. The number of nitrogens with one attached hydrogen (secondary N) is 1. The first-order chi connectivity index (χ1) is 16.5. The Hall–Kier alpha value is -3.76. The van der Waals surface area contributed by atoms with Crippen molar-refractivity contribution >= 4 is 11.6 Å². The van der Waals surface area contributed by atoms with Gasteiger partial charge in [-0.15, -0.1) is 0 Å². The number of aromatic nitrogens is 2. The maximum Gasteiger partial charge on any atom is 0.270 e. The number of amides is 1. The van der Waals surface area contributed by atoms with E-state index in [-0.39, 0.29) is 11.6 Å². The third-order valence-corrected chi connectivity index (χ3v) is 5.65. The van der Waals surface area contributed by atoms with Crippen LogP contribution in [0.25, 0.3) is 16.9 Å². The summed E-state index contributed by atoms with van der Waals surface area (Å²) < 4.78 is 12.2. The van der Waals surface area contributed by atoms with E-state index < -0.39 is 4.92 Å². The van der Waals surface area contributed by atoms with Gasteiger partial charge >= 0.3 is 0 Å². The first kappa shape index (κ1) is 23.4. The SMILES string of the molecule is COc1cccc(-c2cc(C(=O)NCCCN3CCOCC3)n(-c3ccc([N+](=O)[O-])cc3)n2)c1. The number of morpholine rings is 1. The van der Waals surface area contributed by atoms with Gasteiger partial charge in [-0.1, -0.05) is 12.1 Å². The second-order valence-electron chi connectivity index (χ2n) is 7.90. The lowest BCUT2D eigenvalue weighted by atomic mass is 10.1. The molecular weight excluding hydrogens is 438 g/mol. The lowest BCUT2D eigenvalue weighted by Crippen LogP contribution is -2.38. The standard InChI is InChI=1S/C24H27N5O5/c1-33-21-5-2-4-18(16-21)22-17-23(24(30)25-10-3-11-27-12-14-34-15-13-27)28(26-22)19-6-8-20(9-7-19)29(31)32/h2,4-9,16-17H,3,10-15H2,1H3,(H,25,30). The average molecular weight is 466 g/mol. The van der Waals surface area contributed by atoms with E-state index >= 15 is 0 Å². The summed E-state index contributed by atoms with van der Waals surface area (Å²) in [4.78, 5) is 26.0. The molecule has 1 fully saturated rings. The normalized spacial score (nSPS) is 14.0. The van der Waals surface area contributed by atoms with Crippen LogP contribution in [0, 0.1) is 10.1 Å². The summed E-state index contributed by atoms with van der Waals surface area (Å²) in [6.07, 6.45) is 0.820. The zero-order chi connectivity index (χ0) is 23.9. The Morgan fingerprint density at radius 2 is 1.94 bits per heavy atom. The second-order valence-corrected chi connectivity index (χ2v) is 7.90. The van der Waals surface area contributed by atoms with Crippen LogP contribution in [0.5, 0.6) is 5.75 Å². The average Bonchev–Trinajstić information content (AvgIpc) is 3.33. The molecule has 2 aromatic carbocycles. The lowest BCUT2D eigenvalue weighted by Gasteiger charge is -2.26. The molecule has 1 N–H and O–H groups in total. The zero-order valence-corrected chi connectivity index (χ0v) is 19.0. The fraction of sp³-hybridized carbons (Fsp3) is 0.333. The van der Waals surface area contributed by atoms with Gasteiger partial charge in [0.1, 0.15) is 11.4 Å². The molecule has 178 valence electrons. The first-order valence-corrected chi connectivity index (χ1v) is 11.1. The number of nitro benzene ring substituents is 1. The molecule has 3 aromatic rings. The number of hydrogen-bond acceptors (Lipinski definition) is 7. The third kappa shape index (κ3) is 5.59. The van der Waals surface area contributed by atoms with Gasteiger partial charge in [-0.3, -0.25) is 19.8 Å². The van der Waals surface area contributed by atoms with Gasteiger partial charge in [-0.25, -0.2) is 4.68 Å². The van der Waals surface area contributed by atoms with E-state index in [0.29, 0.717) is 29.4 Å². The van der Waals surface area contributed by atoms with E-state index in [2.05, 4.69) is 15.3 Å². The topological polar surface area (TPSA) is 112 Å². The Bertz CT molecular complexity index is 1140. The van der Waals surface area contributed by atoms with Crippen LogP contribution in [0.3, 0.4) is 0 Å². The number of carbonyl (C=O) groups excluding carboxylic acids is 1. The molecule has 2 heterocycles. The molecule has 0 atom stereocenters. The number of nitro groups is 1. The molecule has 10 heteroatoms. The Balaban J connectivity index is 1.55. The Kier molecular flexibility index (Phi) is 7.51. The highest BCUT2D eigenvalue weighted by molar-refractivity contribution is 5.94. The molecule has 10 nitrogen and oxygen atoms in total. The number of methoxy groups -OCH3 is 1. The summed E-state index contributed by atoms with van der Waals surface area (Å²) in [6, 6.07) is 15.1. The van der Waals surface area contributed by atoms with Gasteiger partial charge in [0.15, 0.2) is 0 Å². The number of rotatable bonds is 9. The molecule has 1 aliphatic heterocycles. The van der Waals surface area contributed by atoms with Crippen LogP contribution in [0.2, 0.25) is 0 Å². The van der Waals surface area contributed by atoms with Crippen LogP contribution in [-0.4, -0.2) is 72.0 Å². The minimum absolute atomic E-state index is 0.0296. The lowest BCUT2D eigenvalue weighted by molar-refractivity contribution is -0.384. The summed E-state index contributed by atoms with van der Waals surface area (Å²) in [6.45, 7) is 4.72. The maximum absolute atomic E-state index is 13.1. The van der Waals surface area contributed by atoms with Crippen molar-refractivity contribution < 1.29 is 19.2 Å². The third-order valence-electron chi connectivity index (χ3n) is 5.65. The molecule has 1 saturated heterocycles. The predicted octanol–water partition coefficient (Wildman–Crippen LogP) is 2.91. The molecule has 0 unspecified atom stereocenters. The van der Waals surface area contributed by atoms with E-state index in [1.165, 1.54) is 16.8 Å². The molecule has 1 amide bonds. The fourth-order valence-electron chi connectivity index (χ4n) is 3.80. The molecule has 1 aromatic heterocycles. The predicted molar refractivity (Wildman–Crippen MR) is 126 cm³/mol. The summed E-state index contributed by atoms with van der Waals surface area (Å²) in [5.41, 5.74) is 2.26. The van der Waals surface area contributed by atoms with Gasteiger partial charge in [-0.2, -0.15) is 5.10 Å². The van der Waals surface area contributed by atoms with Crippen molar-refractivity contribution in [2.24, 2.45) is 0 Å². The Labute approximate surface area is 197 Å².